The molecule has 3 aliphatic rings. The zero-order valence-corrected chi connectivity index (χ0v) is 22.4. The Balaban J connectivity index is 1.36. The molecule has 38 heavy (non-hydrogen) atoms. The average molecular weight is 542 g/mol. The fraction of sp³-hybridized carbons (Fsp3) is 0.444. The molecule has 0 bridgehead atoms. The fourth-order valence-electron chi connectivity index (χ4n) is 4.74. The number of aromatic nitrogens is 1. The predicted octanol–water partition coefficient (Wildman–Crippen LogP) is 3.79. The summed E-state index contributed by atoms with van der Waals surface area (Å²) in [5, 5.41) is 7.49. The topological polar surface area (TPSA) is 67.6 Å². The first-order valence-electron chi connectivity index (χ1n) is 12.8. The van der Waals surface area contributed by atoms with Crippen LogP contribution in [0.3, 0.4) is 0 Å². The molecular weight excluding hydrogens is 508 g/mol. The average Bonchev–Trinajstić information content (AvgIpc) is 3.44. The lowest BCUT2D eigenvalue weighted by molar-refractivity contribution is 0.209. The van der Waals surface area contributed by atoms with Crippen molar-refractivity contribution in [2.45, 2.75) is 19.4 Å². The molecule has 11 heteroatoms. The van der Waals surface area contributed by atoms with E-state index in [1.165, 1.54) is 0 Å². The van der Waals surface area contributed by atoms with Gasteiger partial charge in [-0.1, -0.05) is 11.9 Å². The summed E-state index contributed by atoms with van der Waals surface area (Å²) in [5.41, 5.74) is 3.53. The summed E-state index contributed by atoms with van der Waals surface area (Å²) in [4.78, 5) is 26.7. The molecular formula is C27H33F2N7OS. The molecule has 0 N–H and O–H groups in total. The van der Waals surface area contributed by atoms with Gasteiger partial charge in [0.05, 0.1) is 18.0 Å². The second-order valence-corrected chi connectivity index (χ2v) is 11.9. The Morgan fingerprint density at radius 2 is 1.84 bits per heavy atom. The van der Waals surface area contributed by atoms with Crippen LogP contribution in [0.1, 0.15) is 17.7 Å². The van der Waals surface area contributed by atoms with Gasteiger partial charge in [-0.25, -0.2) is 13.6 Å². The normalized spacial score (nSPS) is 19.1. The summed E-state index contributed by atoms with van der Waals surface area (Å²) in [5.74, 6) is 6.01. The lowest BCUT2D eigenvalue weighted by Gasteiger charge is -2.36. The number of alkyl halides is 2. The van der Waals surface area contributed by atoms with Crippen LogP contribution in [0.5, 0.6) is 0 Å². The van der Waals surface area contributed by atoms with Crippen LogP contribution in [0.2, 0.25) is 0 Å². The molecule has 0 spiro atoms. The number of rotatable bonds is 6. The number of nitrogens with zero attached hydrogens (tertiary/aromatic N) is 7. The second-order valence-electron chi connectivity index (χ2n) is 9.84. The molecule has 5 rings (SSSR count). The van der Waals surface area contributed by atoms with E-state index in [4.69, 9.17) is 0 Å². The highest BCUT2D eigenvalue weighted by Crippen LogP contribution is 2.27. The zero-order valence-electron chi connectivity index (χ0n) is 21.6. The number of carbonyl (C=O) groups excluding carboxylic acids is 1. The first-order valence-corrected chi connectivity index (χ1v) is 14.5. The van der Waals surface area contributed by atoms with Crippen LogP contribution in [-0.2, 0) is 6.54 Å². The van der Waals surface area contributed by atoms with E-state index in [9.17, 15) is 13.6 Å². The van der Waals surface area contributed by atoms with Gasteiger partial charge in [0.1, 0.15) is 5.71 Å². The third-order valence-electron chi connectivity index (χ3n) is 7.19. The lowest BCUT2D eigenvalue weighted by atomic mass is 10.1. The fourth-order valence-corrected chi connectivity index (χ4v) is 5.91. The largest absolute Gasteiger partial charge is 0.369 e. The second kappa shape index (κ2) is 11.7. The number of anilines is 2. The van der Waals surface area contributed by atoms with E-state index >= 15 is 0 Å². The smallest absolute Gasteiger partial charge is 0.324 e. The number of piperazine rings is 1. The van der Waals surface area contributed by atoms with E-state index in [2.05, 4.69) is 50.0 Å². The van der Waals surface area contributed by atoms with Crippen LogP contribution in [0.15, 0.2) is 52.8 Å². The van der Waals surface area contributed by atoms with Crippen LogP contribution >= 0.6 is 10.5 Å². The van der Waals surface area contributed by atoms with E-state index in [-0.39, 0.29) is 28.6 Å². The first kappa shape index (κ1) is 26.4. The number of halogens is 2. The standard InChI is InChI=1S/C27H33F2N7OS/c1-33-8-10-34(11-9-33)22-4-3-5-23(16-22)36(27(37)35-12-14-38(2)15-13-35)19-21-7-6-20(18-30-21)24-17-25(26(28)29)32-31-24/h3-7,16,18,26H,2,8-15,17,19H2,1H3. The summed E-state index contributed by atoms with van der Waals surface area (Å²) in [6.07, 6.45) is -0.971. The molecule has 8 nitrogen and oxygen atoms in total. The van der Waals surface area contributed by atoms with Gasteiger partial charge in [-0.15, -0.1) is 0 Å². The molecule has 2 saturated heterocycles. The Morgan fingerprint density at radius 1 is 1.08 bits per heavy atom. The number of hydrogen-bond acceptors (Lipinski definition) is 6. The van der Waals surface area contributed by atoms with Crippen LogP contribution in [0, 0.1) is 0 Å². The molecule has 0 unspecified atom stereocenters. The number of benzene rings is 1. The van der Waals surface area contributed by atoms with E-state index in [1.807, 2.05) is 29.2 Å². The van der Waals surface area contributed by atoms with Crippen LogP contribution in [0.25, 0.3) is 0 Å². The highest BCUT2D eigenvalue weighted by molar-refractivity contribution is 8.14. The monoisotopic (exact) mass is 541 g/mol. The number of amides is 2. The maximum Gasteiger partial charge on any atom is 0.324 e. The Labute approximate surface area is 224 Å². The van der Waals surface area contributed by atoms with Crippen molar-refractivity contribution in [2.75, 3.05) is 67.6 Å². The van der Waals surface area contributed by atoms with E-state index in [1.54, 1.807) is 11.1 Å². The van der Waals surface area contributed by atoms with Gasteiger partial charge in [0, 0.05) is 80.3 Å². The van der Waals surface area contributed by atoms with Gasteiger partial charge >= 0.3 is 6.03 Å². The molecule has 0 atom stereocenters. The van der Waals surface area contributed by atoms with E-state index < -0.39 is 6.43 Å². The molecule has 2 aromatic rings. The van der Waals surface area contributed by atoms with Crippen molar-refractivity contribution in [3.8, 4) is 0 Å². The minimum Gasteiger partial charge on any atom is -0.369 e. The number of pyridine rings is 1. The van der Waals surface area contributed by atoms with Crippen LogP contribution < -0.4 is 9.80 Å². The van der Waals surface area contributed by atoms with Crippen molar-refractivity contribution in [2.24, 2.45) is 10.2 Å². The minimum atomic E-state index is -2.61. The highest BCUT2D eigenvalue weighted by atomic mass is 32.2. The molecule has 2 fully saturated rings. The van der Waals surface area contributed by atoms with Gasteiger partial charge in [0.15, 0.2) is 0 Å². The van der Waals surface area contributed by atoms with E-state index in [0.717, 1.165) is 49.1 Å². The Kier molecular flexibility index (Phi) is 8.13. The summed E-state index contributed by atoms with van der Waals surface area (Å²) in [6.45, 7) is 5.56. The summed E-state index contributed by atoms with van der Waals surface area (Å²) < 4.78 is 25.9. The molecule has 1 aromatic heterocycles. The molecule has 1 aromatic carbocycles. The van der Waals surface area contributed by atoms with Crippen LogP contribution in [-0.4, -0.2) is 102 Å². The Bertz CT molecular complexity index is 1230. The molecule has 4 heterocycles. The van der Waals surface area contributed by atoms with Crippen molar-refractivity contribution in [1.82, 2.24) is 14.8 Å². The quantitative estimate of drug-likeness (QED) is 0.522. The third kappa shape index (κ3) is 6.10. The number of likely N-dealkylation sites (N-methyl/N-ethyl adjacent to an activating group) is 1. The molecule has 2 amide bonds. The van der Waals surface area contributed by atoms with Crippen molar-refractivity contribution >= 4 is 45.2 Å². The minimum absolute atomic E-state index is 0.0191. The van der Waals surface area contributed by atoms with Crippen molar-refractivity contribution < 1.29 is 13.6 Å². The Hall–Kier alpha value is -3.18. The van der Waals surface area contributed by atoms with E-state index in [0.29, 0.717) is 36.6 Å². The molecule has 3 aliphatic heterocycles. The predicted molar refractivity (Wildman–Crippen MR) is 153 cm³/mol. The summed E-state index contributed by atoms with van der Waals surface area (Å²) >= 11 is 0. The van der Waals surface area contributed by atoms with Gasteiger partial charge in [-0.05, 0) is 37.4 Å². The van der Waals surface area contributed by atoms with Crippen molar-refractivity contribution in [3.05, 3.63) is 53.9 Å². The van der Waals surface area contributed by atoms with Crippen molar-refractivity contribution in [3.63, 3.8) is 0 Å². The molecule has 0 saturated carbocycles. The van der Waals surface area contributed by atoms with Gasteiger partial charge in [0.25, 0.3) is 6.43 Å². The van der Waals surface area contributed by atoms with Gasteiger partial charge in [-0.2, -0.15) is 20.7 Å². The maximum absolute atomic E-state index is 13.8. The molecule has 0 aliphatic carbocycles. The van der Waals surface area contributed by atoms with Gasteiger partial charge in [0.2, 0.25) is 0 Å². The SMILES string of the molecule is C=S1CCN(C(=O)N(Cc2ccc(C3=NN=C(C(F)F)C3)cn2)c2cccc(N3CCN(C)CC3)c2)CC1. The zero-order chi connectivity index (χ0) is 26.6. The molecule has 202 valence electrons. The maximum atomic E-state index is 13.8. The first-order chi connectivity index (χ1) is 18.4. The number of carbonyl (C=O) groups is 1. The van der Waals surface area contributed by atoms with Crippen LogP contribution in [0.4, 0.5) is 25.0 Å². The molecule has 0 radical (unpaired) electrons. The van der Waals surface area contributed by atoms with Gasteiger partial charge < -0.3 is 14.7 Å². The number of hydrogen-bond donors (Lipinski definition) is 0. The summed E-state index contributed by atoms with van der Waals surface area (Å²) in [6, 6.07) is 11.7. The highest BCUT2D eigenvalue weighted by Gasteiger charge is 2.27. The lowest BCUT2D eigenvalue weighted by Crippen LogP contribution is -2.47. The summed E-state index contributed by atoms with van der Waals surface area (Å²) in [7, 11) is 2.24. The van der Waals surface area contributed by atoms with Crippen molar-refractivity contribution in [1.29, 1.82) is 0 Å². The number of urea groups is 1. The van der Waals surface area contributed by atoms with Gasteiger partial charge in [-0.3, -0.25) is 9.88 Å². The Morgan fingerprint density at radius 3 is 2.50 bits per heavy atom. The third-order valence-corrected chi connectivity index (χ3v) is 8.71.